The van der Waals surface area contributed by atoms with Gasteiger partial charge in [0.2, 0.25) is 5.91 Å². The van der Waals surface area contributed by atoms with E-state index in [1.807, 2.05) is 0 Å². The molecule has 0 unspecified atom stereocenters. The third-order valence-corrected chi connectivity index (χ3v) is 3.08. The van der Waals surface area contributed by atoms with Gasteiger partial charge < -0.3 is 10.6 Å². The van der Waals surface area contributed by atoms with Crippen molar-refractivity contribution in [2.75, 3.05) is 19.6 Å². The summed E-state index contributed by atoms with van der Waals surface area (Å²) in [4.78, 5) is 25.5. The number of likely N-dealkylation sites (tertiary alicyclic amines) is 1. The van der Waals surface area contributed by atoms with E-state index in [4.69, 9.17) is 5.73 Å². The Balaban J connectivity index is 1.94. The Morgan fingerprint density at radius 3 is 2.71 bits per heavy atom. The molecule has 0 bridgehead atoms. The Bertz CT molecular complexity index is 443. The van der Waals surface area contributed by atoms with Gasteiger partial charge in [0.1, 0.15) is 0 Å². The third kappa shape index (κ3) is 2.83. The van der Waals surface area contributed by atoms with E-state index in [1.54, 1.807) is 0 Å². The van der Waals surface area contributed by atoms with Crippen molar-refractivity contribution >= 4 is 5.91 Å². The molecule has 1 aliphatic heterocycles. The molecule has 0 aromatic carbocycles. The highest BCUT2D eigenvalue weighted by Gasteiger charge is 2.15. The normalized spacial score (nSPS) is 16.5. The fraction of sp³-hybridized carbons (Fsp3) is 0.636. The predicted octanol–water partition coefficient (Wildman–Crippen LogP) is -0.239. The summed E-state index contributed by atoms with van der Waals surface area (Å²) in [5.41, 5.74) is 5.67. The van der Waals surface area contributed by atoms with E-state index >= 15 is 0 Å². The Morgan fingerprint density at radius 2 is 2.12 bits per heavy atom. The first kappa shape index (κ1) is 12.1. The lowest BCUT2D eigenvalue weighted by Crippen LogP contribution is -2.29. The minimum absolute atomic E-state index is 0.193. The van der Waals surface area contributed by atoms with E-state index in [0.717, 1.165) is 24.3 Å². The van der Waals surface area contributed by atoms with Gasteiger partial charge in [0.25, 0.3) is 5.56 Å². The summed E-state index contributed by atoms with van der Waals surface area (Å²) < 4.78 is 1.05. The van der Waals surface area contributed by atoms with Gasteiger partial charge in [-0.1, -0.05) is 0 Å². The second-order valence-corrected chi connectivity index (χ2v) is 4.35. The van der Waals surface area contributed by atoms with Crippen molar-refractivity contribution in [2.24, 2.45) is 5.73 Å². The maximum absolute atomic E-state index is 11.8. The Hall–Kier alpha value is -1.40. The van der Waals surface area contributed by atoms with Crippen molar-refractivity contribution in [2.45, 2.75) is 25.8 Å². The number of hydrogen-bond acceptors (Lipinski definition) is 4. The van der Waals surface area contributed by atoms with Crippen molar-refractivity contribution in [1.29, 1.82) is 0 Å². The van der Waals surface area contributed by atoms with E-state index < -0.39 is 0 Å². The molecule has 6 heteroatoms. The number of nitrogens with zero attached hydrogens (tertiary/aromatic N) is 2. The van der Waals surface area contributed by atoms with E-state index in [2.05, 4.69) is 10.00 Å². The summed E-state index contributed by atoms with van der Waals surface area (Å²) >= 11 is 0. The monoisotopic (exact) mass is 238 g/mol. The number of carbonyl (C=O) groups is 1. The molecule has 0 amide bonds. The summed E-state index contributed by atoms with van der Waals surface area (Å²) in [7, 11) is 0. The van der Waals surface area contributed by atoms with Crippen molar-refractivity contribution in [3.05, 3.63) is 22.1 Å². The Labute approximate surface area is 99.4 Å². The molecule has 1 fully saturated rings. The van der Waals surface area contributed by atoms with Crippen molar-refractivity contribution < 1.29 is 4.79 Å². The molecule has 6 nitrogen and oxygen atoms in total. The molecule has 1 aromatic rings. The van der Waals surface area contributed by atoms with E-state index in [1.165, 1.54) is 18.9 Å². The van der Waals surface area contributed by atoms with Gasteiger partial charge in [-0.2, -0.15) is 4.68 Å². The molecule has 3 N–H and O–H groups in total. The van der Waals surface area contributed by atoms with Crippen LogP contribution in [0.4, 0.5) is 0 Å². The molecule has 0 saturated carbocycles. The highest BCUT2D eigenvalue weighted by atomic mass is 16.2. The molecule has 2 heterocycles. The highest BCUT2D eigenvalue weighted by Crippen LogP contribution is 2.07. The van der Waals surface area contributed by atoms with Crippen LogP contribution in [-0.4, -0.2) is 40.2 Å². The maximum atomic E-state index is 11.8. The Kier molecular flexibility index (Phi) is 3.75. The van der Waals surface area contributed by atoms with Gasteiger partial charge in [-0.25, -0.2) is 0 Å². The number of carbonyl (C=O) groups excluding carboxylic acids is 1. The number of nitrogens with one attached hydrogen (secondary N) is 1. The van der Waals surface area contributed by atoms with Crippen molar-refractivity contribution in [3.8, 4) is 0 Å². The van der Waals surface area contributed by atoms with Crippen molar-refractivity contribution in [3.63, 3.8) is 0 Å². The molecule has 0 aliphatic carbocycles. The molecule has 1 saturated heterocycles. The third-order valence-electron chi connectivity index (χ3n) is 3.08. The van der Waals surface area contributed by atoms with Crippen LogP contribution in [0.1, 0.15) is 29.8 Å². The van der Waals surface area contributed by atoms with Crippen LogP contribution in [-0.2, 0) is 6.54 Å². The van der Waals surface area contributed by atoms with E-state index in [-0.39, 0.29) is 18.0 Å². The van der Waals surface area contributed by atoms with Crippen LogP contribution in [0.2, 0.25) is 0 Å². The first-order chi connectivity index (χ1) is 8.20. The lowest BCUT2D eigenvalue weighted by atomic mass is 10.4. The van der Waals surface area contributed by atoms with Crippen LogP contribution in [0, 0.1) is 0 Å². The van der Waals surface area contributed by atoms with Crippen LogP contribution in [0.5, 0.6) is 0 Å². The molecule has 0 radical (unpaired) electrons. The number of H-pyrrole nitrogens is 1. The van der Waals surface area contributed by atoms with Gasteiger partial charge >= 0.3 is 0 Å². The summed E-state index contributed by atoms with van der Waals surface area (Å²) in [5.74, 6) is -0.193. The van der Waals surface area contributed by atoms with Gasteiger partial charge in [-0.15, -0.1) is 0 Å². The minimum atomic E-state index is -0.322. The van der Waals surface area contributed by atoms with Gasteiger partial charge in [-0.05, 0) is 25.9 Å². The number of rotatable bonds is 4. The second kappa shape index (κ2) is 5.29. The average molecular weight is 238 g/mol. The molecule has 2 rings (SSSR count). The van der Waals surface area contributed by atoms with Gasteiger partial charge in [0.05, 0.1) is 5.69 Å². The molecular formula is C11H18N4O2. The minimum Gasteiger partial charge on any atom is -0.325 e. The van der Waals surface area contributed by atoms with Crippen LogP contribution in [0.15, 0.2) is 10.9 Å². The van der Waals surface area contributed by atoms with E-state index in [9.17, 15) is 9.59 Å². The highest BCUT2D eigenvalue weighted by molar-refractivity contribution is 5.78. The first-order valence-corrected chi connectivity index (χ1v) is 5.97. The van der Waals surface area contributed by atoms with Crippen LogP contribution in [0.3, 0.4) is 0 Å². The number of hydrogen-bond donors (Lipinski definition) is 2. The lowest BCUT2D eigenvalue weighted by molar-refractivity contribution is 0.0868. The number of aromatic amines is 1. The first-order valence-electron chi connectivity index (χ1n) is 5.97. The number of nitrogens with two attached hydrogens (primary N) is 1. The fourth-order valence-corrected chi connectivity index (χ4v) is 2.11. The second-order valence-electron chi connectivity index (χ2n) is 4.35. The van der Waals surface area contributed by atoms with Crippen LogP contribution in [0.25, 0.3) is 0 Å². The van der Waals surface area contributed by atoms with Crippen LogP contribution < -0.4 is 11.3 Å². The largest absolute Gasteiger partial charge is 0.325 e. The van der Waals surface area contributed by atoms with Crippen LogP contribution >= 0.6 is 0 Å². The summed E-state index contributed by atoms with van der Waals surface area (Å²) in [6.07, 6.45) is 2.77. The quantitative estimate of drug-likeness (QED) is 0.758. The topological polar surface area (TPSA) is 84.1 Å². The number of aromatic nitrogens is 2. The molecule has 0 spiro atoms. The zero-order chi connectivity index (χ0) is 12.3. The summed E-state index contributed by atoms with van der Waals surface area (Å²) in [6, 6.07) is 1.37. The fourth-order valence-electron chi connectivity index (χ4n) is 2.11. The molecular weight excluding hydrogens is 220 g/mol. The van der Waals surface area contributed by atoms with Gasteiger partial charge in [0.15, 0.2) is 0 Å². The lowest BCUT2D eigenvalue weighted by Gasteiger charge is -2.13. The van der Waals surface area contributed by atoms with Crippen molar-refractivity contribution in [1.82, 2.24) is 14.7 Å². The molecule has 17 heavy (non-hydrogen) atoms. The maximum Gasteiger partial charge on any atom is 0.273 e. The molecule has 0 atom stereocenters. The molecule has 1 aliphatic rings. The Morgan fingerprint density at radius 1 is 1.41 bits per heavy atom. The SMILES string of the molecule is NCc1cc(=O)n(C(=O)CCN2CCCC2)[nH]1. The van der Waals surface area contributed by atoms with Gasteiger partial charge in [0, 0.05) is 25.6 Å². The average Bonchev–Trinajstić information content (AvgIpc) is 2.94. The zero-order valence-electron chi connectivity index (χ0n) is 9.82. The molecule has 1 aromatic heterocycles. The van der Waals surface area contributed by atoms with Gasteiger partial charge in [-0.3, -0.25) is 14.7 Å². The smallest absolute Gasteiger partial charge is 0.273 e. The summed E-state index contributed by atoms with van der Waals surface area (Å²) in [6.45, 7) is 3.08. The summed E-state index contributed by atoms with van der Waals surface area (Å²) in [5, 5.41) is 2.72. The predicted molar refractivity (Wildman–Crippen MR) is 63.9 cm³/mol. The molecule has 94 valence electrons. The zero-order valence-corrected chi connectivity index (χ0v) is 9.82. The standard InChI is InChI=1S/C11H18N4O2/c12-8-9-7-11(17)15(13-9)10(16)3-6-14-4-1-2-5-14/h7,13H,1-6,8,12H2. The van der Waals surface area contributed by atoms with E-state index in [0.29, 0.717) is 12.1 Å².